The molecule has 0 spiro atoms. The summed E-state index contributed by atoms with van der Waals surface area (Å²) in [6.45, 7) is 2.37. The van der Waals surface area contributed by atoms with E-state index < -0.39 is 15.9 Å². The summed E-state index contributed by atoms with van der Waals surface area (Å²) in [5.74, 6) is 0.272. The first-order valence-electron chi connectivity index (χ1n) is 10.1. The van der Waals surface area contributed by atoms with E-state index in [4.69, 9.17) is 10.00 Å². The molecule has 0 saturated carbocycles. The van der Waals surface area contributed by atoms with Gasteiger partial charge in [-0.2, -0.15) is 10.4 Å². The smallest absolute Gasteiger partial charge is 0.355 e. The number of carbonyl (C=O) groups is 1. The predicted molar refractivity (Wildman–Crippen MR) is 109 cm³/mol. The van der Waals surface area contributed by atoms with Gasteiger partial charge in [0.15, 0.2) is 21.0 Å². The second kappa shape index (κ2) is 7.02. The Balaban J connectivity index is 1.53. The molecule has 0 fully saturated rings. The Bertz CT molecular complexity index is 1190. The highest BCUT2D eigenvalue weighted by Gasteiger charge is 2.31. The van der Waals surface area contributed by atoms with E-state index in [1.807, 2.05) is 6.92 Å². The highest BCUT2D eigenvalue weighted by Crippen LogP contribution is 2.39. The third kappa shape index (κ3) is 3.01. The van der Waals surface area contributed by atoms with E-state index in [0.29, 0.717) is 6.54 Å². The predicted octanol–water partition coefficient (Wildman–Crippen LogP) is 2.69. The Labute approximate surface area is 174 Å². The average Bonchev–Trinajstić information content (AvgIpc) is 3.44. The Morgan fingerprint density at radius 3 is 2.67 bits per heavy atom. The first-order chi connectivity index (χ1) is 14.5. The lowest BCUT2D eigenvalue weighted by Crippen LogP contribution is -2.22. The number of aromatic nitrogens is 2. The standard InChI is InChI=1S/C20H22N6O3S/c1-12-10-26-19(29-12)17(9-22-26)30(28,23-11-21)25-20(27)24-18-15-6-2-4-13(15)8-14-5-3-7-16(14)18/h8-9,12H,2-7,10H2,1H3,(H2,23,24,25,27,28)/t12-,30-/m1/s1. The zero-order valence-corrected chi connectivity index (χ0v) is 17.4. The molecule has 9 nitrogen and oxygen atoms in total. The number of hydrogen-bond donors (Lipinski definition) is 2. The van der Waals surface area contributed by atoms with Crippen molar-refractivity contribution in [2.45, 2.75) is 63.0 Å². The van der Waals surface area contributed by atoms with Crippen molar-refractivity contribution in [3.05, 3.63) is 34.5 Å². The number of hydrogen-bond acceptors (Lipinski definition) is 5. The summed E-state index contributed by atoms with van der Waals surface area (Å²) in [4.78, 5) is 13.0. The van der Waals surface area contributed by atoms with Gasteiger partial charge in [-0.05, 0) is 67.7 Å². The van der Waals surface area contributed by atoms with Crippen LogP contribution >= 0.6 is 0 Å². The van der Waals surface area contributed by atoms with Crippen LogP contribution in [-0.2, 0) is 42.1 Å². The number of nitriles is 1. The molecule has 156 valence electrons. The molecule has 0 unspecified atom stereocenters. The summed E-state index contributed by atoms with van der Waals surface area (Å²) in [6, 6.07) is 1.52. The van der Waals surface area contributed by atoms with E-state index in [9.17, 15) is 9.00 Å². The summed E-state index contributed by atoms with van der Waals surface area (Å²) < 4.78 is 26.8. The van der Waals surface area contributed by atoms with E-state index in [-0.39, 0.29) is 16.9 Å². The number of ether oxygens (including phenoxy) is 1. The van der Waals surface area contributed by atoms with Gasteiger partial charge in [-0.15, -0.1) is 4.36 Å². The third-order valence-electron chi connectivity index (χ3n) is 5.90. The first-order valence-corrected chi connectivity index (χ1v) is 11.6. The van der Waals surface area contributed by atoms with Crippen LogP contribution in [0.15, 0.2) is 21.5 Å². The van der Waals surface area contributed by atoms with Crippen LogP contribution in [0.2, 0.25) is 0 Å². The van der Waals surface area contributed by atoms with Gasteiger partial charge in [-0.25, -0.2) is 18.4 Å². The number of fused-ring (bicyclic) bond motifs is 3. The summed E-state index contributed by atoms with van der Waals surface area (Å²) in [5, 5.41) is 16.2. The first kappa shape index (κ1) is 18.9. The summed E-state index contributed by atoms with van der Waals surface area (Å²) >= 11 is 0. The molecule has 0 radical (unpaired) electrons. The SMILES string of the molecule is C[C@@H]1Cn2ncc([S@](=O)(=NC(=O)Nc3c4c(cc5c3CCC5)CCC4)NC#N)c2O1. The number of nitrogens with one attached hydrogen (secondary N) is 2. The quantitative estimate of drug-likeness (QED) is 0.577. The Kier molecular flexibility index (Phi) is 4.43. The molecule has 2 aromatic rings. The minimum Gasteiger partial charge on any atom is -0.472 e. The Morgan fingerprint density at radius 1 is 1.30 bits per heavy atom. The van der Waals surface area contributed by atoms with Crippen molar-refractivity contribution in [3.63, 3.8) is 0 Å². The molecule has 2 heterocycles. The number of amides is 2. The zero-order valence-electron chi connectivity index (χ0n) is 16.6. The number of nitrogens with zero attached hydrogens (tertiary/aromatic N) is 4. The van der Waals surface area contributed by atoms with Gasteiger partial charge >= 0.3 is 6.03 Å². The summed E-state index contributed by atoms with van der Waals surface area (Å²) in [7, 11) is -3.58. The average molecular weight is 427 g/mol. The lowest BCUT2D eigenvalue weighted by Gasteiger charge is -2.15. The van der Waals surface area contributed by atoms with E-state index >= 15 is 0 Å². The maximum Gasteiger partial charge on any atom is 0.355 e. The lowest BCUT2D eigenvalue weighted by atomic mass is 9.99. The van der Waals surface area contributed by atoms with Crippen molar-refractivity contribution in [2.75, 3.05) is 5.32 Å². The normalized spacial score (nSPS) is 20.3. The molecule has 10 heteroatoms. The maximum absolute atomic E-state index is 13.5. The minimum absolute atomic E-state index is 0.104. The molecular formula is C20H22N6O3S. The van der Waals surface area contributed by atoms with Crippen molar-refractivity contribution < 1.29 is 13.7 Å². The van der Waals surface area contributed by atoms with Crippen molar-refractivity contribution in [3.8, 4) is 12.1 Å². The number of carbonyl (C=O) groups excluding carboxylic acids is 1. The Morgan fingerprint density at radius 2 is 2.00 bits per heavy atom. The van der Waals surface area contributed by atoms with Crippen molar-refractivity contribution in [2.24, 2.45) is 4.36 Å². The monoisotopic (exact) mass is 426 g/mol. The summed E-state index contributed by atoms with van der Waals surface area (Å²) in [5.41, 5.74) is 5.68. The second-order valence-corrected chi connectivity index (χ2v) is 9.80. The van der Waals surface area contributed by atoms with Crippen molar-refractivity contribution >= 4 is 21.6 Å². The maximum atomic E-state index is 13.5. The highest BCUT2D eigenvalue weighted by molar-refractivity contribution is 7.92. The van der Waals surface area contributed by atoms with E-state index in [0.717, 1.165) is 55.3 Å². The number of anilines is 1. The van der Waals surface area contributed by atoms with Crippen LogP contribution in [0.5, 0.6) is 5.88 Å². The Hall–Kier alpha value is -3.06. The minimum atomic E-state index is -3.58. The molecule has 2 N–H and O–H groups in total. The molecule has 2 atom stereocenters. The largest absolute Gasteiger partial charge is 0.472 e. The number of benzene rings is 1. The van der Waals surface area contributed by atoms with Gasteiger partial charge in [0.25, 0.3) is 0 Å². The van der Waals surface area contributed by atoms with Crippen LogP contribution in [0.3, 0.4) is 0 Å². The van der Waals surface area contributed by atoms with Crippen LogP contribution in [0.1, 0.15) is 42.0 Å². The van der Waals surface area contributed by atoms with Gasteiger partial charge in [0.05, 0.1) is 12.7 Å². The van der Waals surface area contributed by atoms with Gasteiger partial charge in [0.1, 0.15) is 6.10 Å². The number of rotatable bonds is 3. The molecule has 1 aromatic carbocycles. The van der Waals surface area contributed by atoms with E-state index in [1.165, 1.54) is 17.3 Å². The van der Waals surface area contributed by atoms with Crippen LogP contribution in [0.4, 0.5) is 10.5 Å². The van der Waals surface area contributed by atoms with Gasteiger partial charge in [0, 0.05) is 5.69 Å². The topological polar surface area (TPSA) is 121 Å². The van der Waals surface area contributed by atoms with Gasteiger partial charge in [-0.1, -0.05) is 6.07 Å². The van der Waals surface area contributed by atoms with Crippen molar-refractivity contribution in [1.82, 2.24) is 14.5 Å². The zero-order chi connectivity index (χ0) is 20.9. The van der Waals surface area contributed by atoms with E-state index in [1.54, 1.807) is 10.9 Å². The molecule has 1 aliphatic heterocycles. The van der Waals surface area contributed by atoms with Crippen LogP contribution in [-0.4, -0.2) is 26.1 Å². The number of urea groups is 1. The second-order valence-electron chi connectivity index (χ2n) is 7.92. The molecule has 1 aromatic heterocycles. The van der Waals surface area contributed by atoms with E-state index in [2.05, 4.69) is 25.6 Å². The van der Waals surface area contributed by atoms with Gasteiger partial charge < -0.3 is 10.1 Å². The molecule has 0 saturated heterocycles. The van der Waals surface area contributed by atoms with Crippen LogP contribution in [0.25, 0.3) is 0 Å². The molecule has 2 aliphatic carbocycles. The molecule has 5 rings (SSSR count). The highest BCUT2D eigenvalue weighted by atomic mass is 32.2. The molecule has 0 bridgehead atoms. The molecule has 3 aliphatic rings. The fourth-order valence-electron chi connectivity index (χ4n) is 4.67. The van der Waals surface area contributed by atoms with Crippen LogP contribution in [0, 0.1) is 11.5 Å². The van der Waals surface area contributed by atoms with Crippen LogP contribution < -0.4 is 14.8 Å². The number of aryl methyl sites for hydroxylation is 2. The molecular weight excluding hydrogens is 404 g/mol. The van der Waals surface area contributed by atoms with Gasteiger partial charge in [0.2, 0.25) is 5.88 Å². The molecule has 2 amide bonds. The third-order valence-corrected chi connectivity index (χ3v) is 7.57. The summed E-state index contributed by atoms with van der Waals surface area (Å²) in [6.07, 6.45) is 8.81. The fraction of sp³-hybridized carbons (Fsp3) is 0.450. The van der Waals surface area contributed by atoms with Crippen molar-refractivity contribution in [1.29, 1.82) is 5.26 Å². The fourth-order valence-corrected chi connectivity index (χ4v) is 5.91. The molecule has 30 heavy (non-hydrogen) atoms. The lowest BCUT2D eigenvalue weighted by molar-refractivity contribution is 0.248. The van der Waals surface area contributed by atoms with Gasteiger partial charge in [-0.3, -0.25) is 0 Å².